The minimum atomic E-state index is -0.663. The van der Waals surface area contributed by atoms with Crippen molar-refractivity contribution in [3.63, 3.8) is 0 Å². The molecule has 1 atom stereocenters. The quantitative estimate of drug-likeness (QED) is 0.895. The fraction of sp³-hybridized carbons (Fsp3) is 0.500. The van der Waals surface area contributed by atoms with E-state index in [1.165, 1.54) is 23.2 Å². The van der Waals surface area contributed by atoms with Crippen molar-refractivity contribution < 1.29 is 9.90 Å². The van der Waals surface area contributed by atoms with E-state index in [2.05, 4.69) is 36.1 Å². The van der Waals surface area contributed by atoms with E-state index in [-0.39, 0.29) is 5.92 Å². The number of carboxylic acids is 1. The van der Waals surface area contributed by atoms with Crippen LogP contribution in [0.25, 0.3) is 11.3 Å². The minimum Gasteiger partial charge on any atom is -0.481 e. The fourth-order valence-corrected chi connectivity index (χ4v) is 4.63. The van der Waals surface area contributed by atoms with Gasteiger partial charge < -0.3 is 10.0 Å². The first-order valence-electron chi connectivity index (χ1n) is 10.1. The van der Waals surface area contributed by atoms with Crippen molar-refractivity contribution in [2.24, 2.45) is 5.92 Å². The number of aromatic nitrogens is 2. The topological polar surface area (TPSA) is 66.3 Å². The molecule has 2 fully saturated rings. The van der Waals surface area contributed by atoms with Crippen LogP contribution in [0.1, 0.15) is 55.3 Å². The van der Waals surface area contributed by atoms with Gasteiger partial charge in [-0.25, -0.2) is 9.97 Å². The van der Waals surface area contributed by atoms with Gasteiger partial charge in [-0.15, -0.1) is 0 Å². The Morgan fingerprint density at radius 3 is 2.78 bits per heavy atom. The van der Waals surface area contributed by atoms with Crippen LogP contribution in [-0.4, -0.2) is 33.6 Å². The van der Waals surface area contributed by atoms with Crippen molar-refractivity contribution in [2.45, 2.75) is 57.4 Å². The van der Waals surface area contributed by atoms with Crippen LogP contribution in [0.15, 0.2) is 24.3 Å². The van der Waals surface area contributed by atoms with Crippen molar-refractivity contribution in [1.29, 1.82) is 0 Å². The standard InChI is InChI=1S/C22H25N3O2/c1-13-8-9-25(13)22-23-19-7-3-6-18(19)20(24-22)15-5-2-4-14(10-15)16-11-17(12-16)21(26)27/h2,4-5,10,13,16-17H,3,6-9,11-12H2,1H3,(H,26,27)/t13-,16?,17?/m0/s1. The molecule has 1 aliphatic heterocycles. The first-order chi connectivity index (χ1) is 13.1. The zero-order valence-corrected chi connectivity index (χ0v) is 15.7. The Kier molecular flexibility index (Phi) is 3.92. The summed E-state index contributed by atoms with van der Waals surface area (Å²) in [5.74, 6) is 0.394. The van der Waals surface area contributed by atoms with E-state index in [1.807, 2.05) is 0 Å². The predicted molar refractivity (Wildman–Crippen MR) is 104 cm³/mol. The Bertz CT molecular complexity index is 904. The van der Waals surface area contributed by atoms with Gasteiger partial charge >= 0.3 is 5.97 Å². The van der Waals surface area contributed by atoms with E-state index in [1.54, 1.807) is 0 Å². The highest BCUT2D eigenvalue weighted by Crippen LogP contribution is 2.43. The van der Waals surface area contributed by atoms with E-state index < -0.39 is 5.97 Å². The third kappa shape index (κ3) is 2.80. The molecule has 5 heteroatoms. The first-order valence-corrected chi connectivity index (χ1v) is 10.1. The van der Waals surface area contributed by atoms with Crippen LogP contribution in [0, 0.1) is 5.92 Å². The number of rotatable bonds is 4. The van der Waals surface area contributed by atoms with E-state index in [4.69, 9.17) is 15.1 Å². The third-order valence-electron chi connectivity index (χ3n) is 6.62. The van der Waals surface area contributed by atoms with Crippen LogP contribution in [0.4, 0.5) is 5.95 Å². The molecule has 1 aromatic heterocycles. The molecule has 5 nitrogen and oxygen atoms in total. The van der Waals surface area contributed by atoms with Gasteiger partial charge in [0.15, 0.2) is 0 Å². The Morgan fingerprint density at radius 2 is 2.07 bits per heavy atom. The second-order valence-electron chi connectivity index (χ2n) is 8.31. The molecule has 0 spiro atoms. The molecular weight excluding hydrogens is 338 g/mol. The summed E-state index contributed by atoms with van der Waals surface area (Å²) in [5.41, 5.74) is 6.01. The molecule has 1 N–H and O–H groups in total. The number of carboxylic acid groups (broad SMARTS) is 1. The number of nitrogens with zero attached hydrogens (tertiary/aromatic N) is 3. The molecule has 1 saturated carbocycles. The van der Waals surface area contributed by atoms with Gasteiger partial charge in [-0.3, -0.25) is 4.79 Å². The molecule has 0 radical (unpaired) electrons. The Morgan fingerprint density at radius 1 is 1.22 bits per heavy atom. The molecule has 2 aromatic rings. The highest BCUT2D eigenvalue weighted by Gasteiger charge is 2.35. The average Bonchev–Trinajstić information content (AvgIpc) is 3.07. The van der Waals surface area contributed by atoms with Crippen LogP contribution in [-0.2, 0) is 17.6 Å². The molecular formula is C22H25N3O2. The maximum absolute atomic E-state index is 11.1. The molecule has 5 rings (SSSR count). The molecule has 1 saturated heterocycles. The van der Waals surface area contributed by atoms with Gasteiger partial charge in [0.1, 0.15) is 0 Å². The molecule has 2 heterocycles. The van der Waals surface area contributed by atoms with Crippen LogP contribution >= 0.6 is 0 Å². The monoisotopic (exact) mass is 363 g/mol. The zero-order chi connectivity index (χ0) is 18.5. The lowest BCUT2D eigenvalue weighted by Crippen LogP contribution is -2.46. The average molecular weight is 363 g/mol. The van der Waals surface area contributed by atoms with Crippen LogP contribution < -0.4 is 4.90 Å². The van der Waals surface area contributed by atoms with E-state index in [0.29, 0.717) is 12.0 Å². The summed E-state index contributed by atoms with van der Waals surface area (Å²) in [6, 6.07) is 9.11. The van der Waals surface area contributed by atoms with Crippen molar-refractivity contribution in [1.82, 2.24) is 9.97 Å². The maximum atomic E-state index is 11.1. The molecule has 0 unspecified atom stereocenters. The first kappa shape index (κ1) is 16.7. The second kappa shape index (κ2) is 6.32. The minimum absolute atomic E-state index is 0.179. The van der Waals surface area contributed by atoms with Gasteiger partial charge in [0, 0.05) is 29.4 Å². The predicted octanol–water partition coefficient (Wildman–Crippen LogP) is 3.81. The number of benzene rings is 1. The Hall–Kier alpha value is -2.43. The Labute approximate surface area is 159 Å². The number of fused-ring (bicyclic) bond motifs is 1. The largest absolute Gasteiger partial charge is 0.481 e. The third-order valence-corrected chi connectivity index (χ3v) is 6.62. The highest BCUT2D eigenvalue weighted by atomic mass is 16.4. The lowest BCUT2D eigenvalue weighted by molar-refractivity contribution is -0.145. The van der Waals surface area contributed by atoms with Crippen molar-refractivity contribution in [3.8, 4) is 11.3 Å². The molecule has 0 amide bonds. The summed E-state index contributed by atoms with van der Waals surface area (Å²) >= 11 is 0. The second-order valence-corrected chi connectivity index (χ2v) is 8.31. The molecule has 3 aliphatic rings. The molecule has 27 heavy (non-hydrogen) atoms. The lowest BCUT2D eigenvalue weighted by Gasteiger charge is -2.39. The summed E-state index contributed by atoms with van der Waals surface area (Å²) in [6.45, 7) is 3.27. The summed E-state index contributed by atoms with van der Waals surface area (Å²) in [6.07, 6.45) is 5.95. The van der Waals surface area contributed by atoms with Gasteiger partial charge in [-0.05, 0) is 63.0 Å². The van der Waals surface area contributed by atoms with Gasteiger partial charge in [-0.1, -0.05) is 18.2 Å². The summed E-state index contributed by atoms with van der Waals surface area (Å²) in [5, 5.41) is 9.15. The molecule has 2 aliphatic carbocycles. The number of aryl methyl sites for hydroxylation is 1. The van der Waals surface area contributed by atoms with Gasteiger partial charge in [0.2, 0.25) is 5.95 Å². The van der Waals surface area contributed by atoms with Gasteiger partial charge in [0.25, 0.3) is 0 Å². The smallest absolute Gasteiger partial charge is 0.306 e. The summed E-state index contributed by atoms with van der Waals surface area (Å²) in [7, 11) is 0. The maximum Gasteiger partial charge on any atom is 0.306 e. The molecule has 140 valence electrons. The van der Waals surface area contributed by atoms with Gasteiger partial charge in [0.05, 0.1) is 11.6 Å². The SMILES string of the molecule is C[C@H]1CCN1c1nc2c(c(-c3cccc(C4CC(C(=O)O)C4)c3)n1)CCC2. The number of carbonyl (C=O) groups is 1. The number of aliphatic carboxylic acids is 1. The highest BCUT2D eigenvalue weighted by molar-refractivity contribution is 5.72. The van der Waals surface area contributed by atoms with Crippen molar-refractivity contribution in [3.05, 3.63) is 41.1 Å². The number of anilines is 1. The van der Waals surface area contributed by atoms with Crippen LogP contribution in [0.2, 0.25) is 0 Å². The number of hydrogen-bond acceptors (Lipinski definition) is 4. The molecule has 1 aromatic carbocycles. The Balaban J connectivity index is 1.49. The summed E-state index contributed by atoms with van der Waals surface area (Å²) < 4.78 is 0. The van der Waals surface area contributed by atoms with E-state index >= 15 is 0 Å². The van der Waals surface area contributed by atoms with Crippen LogP contribution in [0.3, 0.4) is 0 Å². The summed E-state index contributed by atoms with van der Waals surface area (Å²) in [4.78, 5) is 23.3. The van der Waals surface area contributed by atoms with E-state index in [0.717, 1.165) is 55.9 Å². The van der Waals surface area contributed by atoms with Crippen LogP contribution in [0.5, 0.6) is 0 Å². The number of hydrogen-bond donors (Lipinski definition) is 1. The normalized spacial score (nSPS) is 26.3. The van der Waals surface area contributed by atoms with Crippen molar-refractivity contribution in [2.75, 3.05) is 11.4 Å². The zero-order valence-electron chi connectivity index (χ0n) is 15.7. The fourth-order valence-electron chi connectivity index (χ4n) is 4.63. The lowest BCUT2D eigenvalue weighted by atomic mass is 9.71. The van der Waals surface area contributed by atoms with Gasteiger partial charge in [-0.2, -0.15) is 0 Å². The molecule has 0 bridgehead atoms. The van der Waals surface area contributed by atoms with Crippen molar-refractivity contribution >= 4 is 11.9 Å². The van der Waals surface area contributed by atoms with E-state index in [9.17, 15) is 4.79 Å².